The number of aliphatic hydroxyl groups is 1. The summed E-state index contributed by atoms with van der Waals surface area (Å²) in [5.74, 6) is -0.293. The van der Waals surface area contributed by atoms with Crippen LogP contribution in [0, 0.1) is 0 Å². The number of aliphatic hydroxyl groups excluding tert-OH is 1. The average molecular weight is 273 g/mol. The van der Waals surface area contributed by atoms with Crippen LogP contribution in [-0.2, 0) is 4.79 Å². The Morgan fingerprint density at radius 2 is 1.89 bits per heavy atom. The second-order valence-electron chi connectivity index (χ2n) is 4.68. The molecule has 0 aliphatic carbocycles. The molecule has 6 heteroatoms. The van der Waals surface area contributed by atoms with Crippen molar-refractivity contribution in [2.45, 2.75) is 39.0 Å². The van der Waals surface area contributed by atoms with Crippen LogP contribution in [0.4, 0.5) is 4.79 Å². The fourth-order valence-corrected chi connectivity index (χ4v) is 1.58. The predicted octanol–water partition coefficient (Wildman–Crippen LogP) is 0.707. The van der Waals surface area contributed by atoms with Crippen LogP contribution in [0.5, 0.6) is 0 Å². The molecule has 0 bridgehead atoms. The van der Waals surface area contributed by atoms with Crippen LogP contribution in [-0.4, -0.2) is 55.2 Å². The highest BCUT2D eigenvalue weighted by atomic mass is 16.3. The van der Waals surface area contributed by atoms with Gasteiger partial charge in [0.2, 0.25) is 5.91 Å². The van der Waals surface area contributed by atoms with Crippen molar-refractivity contribution in [2.24, 2.45) is 0 Å². The molecule has 0 rings (SSSR count). The van der Waals surface area contributed by atoms with E-state index < -0.39 is 6.03 Å². The van der Waals surface area contributed by atoms with Gasteiger partial charge in [-0.2, -0.15) is 0 Å². The molecule has 112 valence electrons. The highest BCUT2D eigenvalue weighted by Crippen LogP contribution is 1.96. The second kappa shape index (κ2) is 11.9. The SMILES string of the molecule is CCCCNC(=O)NC(=O)CN(C)CCCCCO. The van der Waals surface area contributed by atoms with Crippen LogP contribution in [0.3, 0.4) is 0 Å². The predicted molar refractivity (Wildman–Crippen MR) is 74.9 cm³/mol. The molecule has 0 fully saturated rings. The van der Waals surface area contributed by atoms with Gasteiger partial charge in [0.15, 0.2) is 0 Å². The zero-order valence-corrected chi connectivity index (χ0v) is 12.1. The molecular formula is C13H27N3O3. The van der Waals surface area contributed by atoms with E-state index in [1.165, 1.54) is 0 Å². The van der Waals surface area contributed by atoms with Crippen LogP contribution < -0.4 is 10.6 Å². The average Bonchev–Trinajstić information content (AvgIpc) is 2.34. The van der Waals surface area contributed by atoms with Gasteiger partial charge in [-0.15, -0.1) is 0 Å². The van der Waals surface area contributed by atoms with E-state index in [0.717, 1.165) is 38.6 Å². The standard InChI is InChI=1S/C13H27N3O3/c1-3-4-8-14-13(19)15-12(18)11-16(2)9-6-5-7-10-17/h17H,3-11H2,1-2H3,(H2,14,15,18,19). The lowest BCUT2D eigenvalue weighted by Crippen LogP contribution is -2.44. The summed E-state index contributed by atoms with van der Waals surface area (Å²) < 4.78 is 0. The number of unbranched alkanes of at least 4 members (excludes halogenated alkanes) is 3. The monoisotopic (exact) mass is 273 g/mol. The lowest BCUT2D eigenvalue weighted by Gasteiger charge is -2.15. The van der Waals surface area contributed by atoms with E-state index in [4.69, 9.17) is 5.11 Å². The van der Waals surface area contributed by atoms with Crippen LogP contribution in [0.1, 0.15) is 39.0 Å². The fourth-order valence-electron chi connectivity index (χ4n) is 1.58. The van der Waals surface area contributed by atoms with Gasteiger partial charge in [0.1, 0.15) is 0 Å². The Balaban J connectivity index is 3.63. The molecule has 0 radical (unpaired) electrons. The molecule has 0 spiro atoms. The Kier molecular flexibility index (Phi) is 11.2. The van der Waals surface area contributed by atoms with Crippen LogP contribution >= 0.6 is 0 Å². The summed E-state index contributed by atoms with van der Waals surface area (Å²) in [7, 11) is 1.84. The van der Waals surface area contributed by atoms with E-state index in [9.17, 15) is 9.59 Å². The molecule has 6 nitrogen and oxygen atoms in total. The van der Waals surface area contributed by atoms with Gasteiger partial charge >= 0.3 is 6.03 Å². The lowest BCUT2D eigenvalue weighted by molar-refractivity contribution is -0.120. The summed E-state index contributed by atoms with van der Waals surface area (Å²) in [6, 6.07) is -0.424. The summed E-state index contributed by atoms with van der Waals surface area (Å²) >= 11 is 0. The largest absolute Gasteiger partial charge is 0.396 e. The summed E-state index contributed by atoms with van der Waals surface area (Å²) in [5, 5.41) is 13.6. The number of rotatable bonds is 10. The van der Waals surface area contributed by atoms with E-state index in [0.29, 0.717) is 6.54 Å². The van der Waals surface area contributed by atoms with Crippen molar-refractivity contribution < 1.29 is 14.7 Å². The van der Waals surface area contributed by atoms with Crippen molar-refractivity contribution in [2.75, 3.05) is 33.3 Å². The van der Waals surface area contributed by atoms with Gasteiger partial charge in [-0.05, 0) is 39.3 Å². The van der Waals surface area contributed by atoms with Crippen LogP contribution in [0.2, 0.25) is 0 Å². The van der Waals surface area contributed by atoms with E-state index >= 15 is 0 Å². The Hall–Kier alpha value is -1.14. The number of carbonyl (C=O) groups is 2. The Labute approximate surface area is 115 Å². The third-order valence-electron chi connectivity index (χ3n) is 2.68. The third kappa shape index (κ3) is 11.7. The molecule has 0 atom stereocenters. The minimum Gasteiger partial charge on any atom is -0.396 e. The summed E-state index contributed by atoms with van der Waals surface area (Å²) in [4.78, 5) is 24.7. The summed E-state index contributed by atoms with van der Waals surface area (Å²) in [5.41, 5.74) is 0. The molecule has 19 heavy (non-hydrogen) atoms. The first-order chi connectivity index (χ1) is 9.10. The number of imide groups is 1. The van der Waals surface area contributed by atoms with E-state index in [1.807, 2.05) is 18.9 Å². The van der Waals surface area contributed by atoms with Crippen molar-refractivity contribution in [1.29, 1.82) is 0 Å². The molecule has 0 saturated heterocycles. The lowest BCUT2D eigenvalue weighted by atomic mass is 10.2. The second-order valence-corrected chi connectivity index (χ2v) is 4.68. The van der Waals surface area contributed by atoms with Gasteiger partial charge in [-0.3, -0.25) is 15.0 Å². The van der Waals surface area contributed by atoms with Gasteiger partial charge < -0.3 is 10.4 Å². The van der Waals surface area contributed by atoms with Gasteiger partial charge in [0.25, 0.3) is 0 Å². The number of nitrogens with one attached hydrogen (secondary N) is 2. The molecule has 0 aliphatic rings. The minimum atomic E-state index is -0.424. The van der Waals surface area contributed by atoms with Gasteiger partial charge in [-0.1, -0.05) is 13.3 Å². The molecule has 0 aromatic carbocycles. The summed E-state index contributed by atoms with van der Waals surface area (Å²) in [6.07, 6.45) is 4.59. The molecule has 3 amide bonds. The number of carbonyl (C=O) groups excluding carboxylic acids is 2. The van der Waals surface area contributed by atoms with Crippen molar-refractivity contribution in [3.05, 3.63) is 0 Å². The number of nitrogens with zero attached hydrogens (tertiary/aromatic N) is 1. The van der Waals surface area contributed by atoms with Gasteiger partial charge in [0.05, 0.1) is 6.54 Å². The zero-order chi connectivity index (χ0) is 14.5. The molecule has 0 aromatic heterocycles. The Morgan fingerprint density at radius 1 is 1.16 bits per heavy atom. The quantitative estimate of drug-likeness (QED) is 0.512. The van der Waals surface area contributed by atoms with E-state index in [-0.39, 0.29) is 19.1 Å². The summed E-state index contributed by atoms with van der Waals surface area (Å²) in [6.45, 7) is 3.83. The van der Waals surface area contributed by atoms with Crippen LogP contribution in [0.25, 0.3) is 0 Å². The smallest absolute Gasteiger partial charge is 0.321 e. The fraction of sp³-hybridized carbons (Fsp3) is 0.846. The van der Waals surface area contributed by atoms with Gasteiger partial charge in [0, 0.05) is 13.2 Å². The number of hydrogen-bond acceptors (Lipinski definition) is 4. The highest BCUT2D eigenvalue weighted by molar-refractivity contribution is 5.95. The topological polar surface area (TPSA) is 81.7 Å². The van der Waals surface area contributed by atoms with Crippen molar-refractivity contribution in [1.82, 2.24) is 15.5 Å². The number of likely N-dealkylation sites (N-methyl/N-ethyl adjacent to an activating group) is 1. The van der Waals surface area contributed by atoms with Crippen LogP contribution in [0.15, 0.2) is 0 Å². The van der Waals surface area contributed by atoms with E-state index in [2.05, 4.69) is 10.6 Å². The maximum Gasteiger partial charge on any atom is 0.321 e. The number of hydrogen-bond donors (Lipinski definition) is 3. The first-order valence-corrected chi connectivity index (χ1v) is 6.97. The molecular weight excluding hydrogens is 246 g/mol. The highest BCUT2D eigenvalue weighted by Gasteiger charge is 2.09. The maximum absolute atomic E-state index is 11.5. The number of urea groups is 1. The Bertz CT molecular complexity index is 260. The van der Waals surface area contributed by atoms with Crippen molar-refractivity contribution in [3.63, 3.8) is 0 Å². The first-order valence-electron chi connectivity index (χ1n) is 6.97. The molecule has 0 heterocycles. The molecule has 3 N–H and O–H groups in total. The van der Waals surface area contributed by atoms with Gasteiger partial charge in [-0.25, -0.2) is 4.79 Å². The maximum atomic E-state index is 11.5. The first kappa shape index (κ1) is 17.9. The van der Waals surface area contributed by atoms with Crippen molar-refractivity contribution in [3.8, 4) is 0 Å². The normalized spacial score (nSPS) is 10.5. The Morgan fingerprint density at radius 3 is 2.53 bits per heavy atom. The molecule has 0 unspecified atom stereocenters. The van der Waals surface area contributed by atoms with Crippen molar-refractivity contribution >= 4 is 11.9 Å². The zero-order valence-electron chi connectivity index (χ0n) is 12.1. The number of amides is 3. The molecule has 0 saturated carbocycles. The molecule has 0 aliphatic heterocycles. The third-order valence-corrected chi connectivity index (χ3v) is 2.68. The molecule has 0 aromatic rings. The minimum absolute atomic E-state index is 0.209. The van der Waals surface area contributed by atoms with E-state index in [1.54, 1.807) is 0 Å².